The zero-order valence-electron chi connectivity index (χ0n) is 9.01. The highest BCUT2D eigenvalue weighted by atomic mass is 32.2. The minimum Gasteiger partial charge on any atom is -0.416 e. The van der Waals surface area contributed by atoms with Gasteiger partial charge in [-0.1, -0.05) is 6.07 Å². The van der Waals surface area contributed by atoms with E-state index in [9.17, 15) is 4.79 Å². The summed E-state index contributed by atoms with van der Waals surface area (Å²) in [7, 11) is 0. The fourth-order valence-electron chi connectivity index (χ4n) is 1.26. The van der Waals surface area contributed by atoms with E-state index >= 15 is 0 Å². The number of carbonyl (C=O) groups is 1. The minimum atomic E-state index is -0.563. The van der Waals surface area contributed by atoms with E-state index in [0.29, 0.717) is 21.7 Å². The summed E-state index contributed by atoms with van der Waals surface area (Å²) in [6.07, 6.45) is 0. The van der Waals surface area contributed by atoms with Crippen LogP contribution >= 0.6 is 11.8 Å². The van der Waals surface area contributed by atoms with Crippen molar-refractivity contribution >= 4 is 23.4 Å². The lowest BCUT2D eigenvalue weighted by molar-refractivity contribution is 0.100. The Kier molecular flexibility index (Phi) is 3.01. The van der Waals surface area contributed by atoms with Gasteiger partial charge in [-0.25, -0.2) is 0 Å². The highest BCUT2D eigenvalue weighted by Crippen LogP contribution is 2.32. The summed E-state index contributed by atoms with van der Waals surface area (Å²) in [5, 5.41) is 7.90. The van der Waals surface area contributed by atoms with Crippen LogP contribution in [-0.2, 0) is 0 Å². The molecule has 88 valence electrons. The molecule has 0 spiro atoms. The molecule has 6 nitrogen and oxygen atoms in total. The van der Waals surface area contributed by atoms with Crippen LogP contribution in [0.3, 0.4) is 0 Å². The Bertz CT molecular complexity index is 567. The van der Waals surface area contributed by atoms with E-state index in [4.69, 9.17) is 15.9 Å². The average Bonchev–Trinajstić information content (AvgIpc) is 2.67. The smallest absolute Gasteiger partial charge is 0.281 e. The Balaban J connectivity index is 2.33. The molecular formula is C10H10N4O2S. The molecule has 1 amide bonds. The molecule has 0 aliphatic rings. The standard InChI is InChI=1S/C10H10N4O2S/c1-5-13-14-10(16-5)17-7-4-2-3-6(8(7)11)9(12)15/h2-4H,11H2,1H3,(H2,12,15). The second kappa shape index (κ2) is 4.46. The van der Waals surface area contributed by atoms with Gasteiger partial charge in [0.25, 0.3) is 11.1 Å². The van der Waals surface area contributed by atoms with Gasteiger partial charge in [-0.2, -0.15) is 0 Å². The van der Waals surface area contributed by atoms with E-state index in [1.807, 2.05) is 0 Å². The molecule has 0 radical (unpaired) electrons. The number of carbonyl (C=O) groups excluding carboxylic acids is 1. The van der Waals surface area contributed by atoms with E-state index in [0.717, 1.165) is 0 Å². The Morgan fingerprint density at radius 1 is 1.41 bits per heavy atom. The Hall–Kier alpha value is -2.02. The first-order valence-corrected chi connectivity index (χ1v) is 5.56. The number of aryl methyl sites for hydroxylation is 1. The number of hydrogen-bond acceptors (Lipinski definition) is 6. The van der Waals surface area contributed by atoms with Crippen LogP contribution in [0, 0.1) is 6.92 Å². The van der Waals surface area contributed by atoms with Gasteiger partial charge in [0.1, 0.15) is 0 Å². The lowest BCUT2D eigenvalue weighted by Gasteiger charge is -2.05. The highest BCUT2D eigenvalue weighted by Gasteiger charge is 2.12. The zero-order valence-corrected chi connectivity index (χ0v) is 9.82. The van der Waals surface area contributed by atoms with Crippen LogP contribution in [-0.4, -0.2) is 16.1 Å². The Morgan fingerprint density at radius 2 is 2.18 bits per heavy atom. The third-order valence-electron chi connectivity index (χ3n) is 2.04. The van der Waals surface area contributed by atoms with Crippen molar-refractivity contribution in [1.82, 2.24) is 10.2 Å². The molecule has 0 unspecified atom stereocenters. The highest BCUT2D eigenvalue weighted by molar-refractivity contribution is 7.99. The SMILES string of the molecule is Cc1nnc(Sc2cccc(C(N)=O)c2N)o1. The molecule has 1 aromatic carbocycles. The fraction of sp³-hybridized carbons (Fsp3) is 0.100. The van der Waals surface area contributed by atoms with Crippen molar-refractivity contribution in [2.24, 2.45) is 5.73 Å². The molecule has 2 aromatic rings. The van der Waals surface area contributed by atoms with Crippen molar-refractivity contribution < 1.29 is 9.21 Å². The van der Waals surface area contributed by atoms with Gasteiger partial charge in [-0.15, -0.1) is 10.2 Å². The maximum atomic E-state index is 11.1. The molecule has 1 heterocycles. The van der Waals surface area contributed by atoms with Crippen molar-refractivity contribution in [2.45, 2.75) is 17.0 Å². The number of nitrogens with two attached hydrogens (primary N) is 2. The molecule has 7 heteroatoms. The van der Waals surface area contributed by atoms with E-state index in [-0.39, 0.29) is 5.56 Å². The minimum absolute atomic E-state index is 0.284. The third-order valence-corrected chi connectivity index (χ3v) is 2.95. The van der Waals surface area contributed by atoms with Gasteiger partial charge in [-0.05, 0) is 23.9 Å². The number of benzene rings is 1. The number of nitrogen functional groups attached to an aromatic ring is 1. The van der Waals surface area contributed by atoms with Gasteiger partial charge in [-0.3, -0.25) is 4.79 Å². The number of hydrogen-bond donors (Lipinski definition) is 2. The molecule has 17 heavy (non-hydrogen) atoms. The van der Waals surface area contributed by atoms with Gasteiger partial charge < -0.3 is 15.9 Å². The van der Waals surface area contributed by atoms with Crippen molar-refractivity contribution in [2.75, 3.05) is 5.73 Å². The second-order valence-electron chi connectivity index (χ2n) is 3.27. The van der Waals surface area contributed by atoms with Gasteiger partial charge in [0.15, 0.2) is 0 Å². The Morgan fingerprint density at radius 3 is 2.76 bits per heavy atom. The molecule has 0 aliphatic heterocycles. The predicted octanol–water partition coefficient (Wildman–Crippen LogP) is 1.21. The maximum Gasteiger partial charge on any atom is 0.281 e. The van der Waals surface area contributed by atoms with Crippen LogP contribution in [0.2, 0.25) is 0 Å². The molecule has 0 saturated heterocycles. The summed E-state index contributed by atoms with van der Waals surface area (Å²) in [5.74, 6) is -0.0937. The van der Waals surface area contributed by atoms with Crippen LogP contribution in [0.5, 0.6) is 0 Å². The fourth-order valence-corrected chi connectivity index (χ4v) is 2.06. The summed E-state index contributed by atoms with van der Waals surface area (Å²) in [5.41, 5.74) is 11.6. The summed E-state index contributed by atoms with van der Waals surface area (Å²) in [6, 6.07) is 5.02. The predicted molar refractivity (Wildman–Crippen MR) is 62.5 cm³/mol. The van der Waals surface area contributed by atoms with Crippen LogP contribution in [0.25, 0.3) is 0 Å². The van der Waals surface area contributed by atoms with Crippen molar-refractivity contribution in [3.63, 3.8) is 0 Å². The van der Waals surface area contributed by atoms with E-state index in [1.54, 1.807) is 25.1 Å². The molecule has 1 aromatic heterocycles. The van der Waals surface area contributed by atoms with Gasteiger partial charge in [0.05, 0.1) is 11.3 Å². The lowest BCUT2D eigenvalue weighted by Crippen LogP contribution is -2.13. The van der Waals surface area contributed by atoms with E-state index < -0.39 is 5.91 Å². The monoisotopic (exact) mass is 250 g/mol. The van der Waals surface area contributed by atoms with Gasteiger partial charge in [0.2, 0.25) is 5.89 Å². The number of anilines is 1. The van der Waals surface area contributed by atoms with E-state index in [2.05, 4.69) is 10.2 Å². The molecule has 2 rings (SSSR count). The number of nitrogens with zero attached hydrogens (tertiary/aromatic N) is 2. The van der Waals surface area contributed by atoms with Gasteiger partial charge in [0, 0.05) is 11.8 Å². The van der Waals surface area contributed by atoms with Crippen molar-refractivity contribution in [3.8, 4) is 0 Å². The quantitative estimate of drug-likeness (QED) is 0.792. The summed E-state index contributed by atoms with van der Waals surface area (Å²) >= 11 is 1.19. The molecule has 0 atom stereocenters. The number of rotatable bonds is 3. The number of aromatic nitrogens is 2. The summed E-state index contributed by atoms with van der Waals surface area (Å²) < 4.78 is 5.21. The molecule has 0 saturated carbocycles. The molecule has 0 fully saturated rings. The zero-order chi connectivity index (χ0) is 12.4. The summed E-state index contributed by atoms with van der Waals surface area (Å²) in [4.78, 5) is 11.8. The third kappa shape index (κ3) is 2.39. The van der Waals surface area contributed by atoms with Crippen molar-refractivity contribution in [1.29, 1.82) is 0 Å². The van der Waals surface area contributed by atoms with Crippen LogP contribution < -0.4 is 11.5 Å². The second-order valence-corrected chi connectivity index (χ2v) is 4.26. The maximum absolute atomic E-state index is 11.1. The van der Waals surface area contributed by atoms with E-state index in [1.165, 1.54) is 11.8 Å². The Labute approximate surface area is 101 Å². The average molecular weight is 250 g/mol. The van der Waals surface area contributed by atoms with Crippen LogP contribution in [0.15, 0.2) is 32.7 Å². The first-order valence-electron chi connectivity index (χ1n) is 4.74. The first-order chi connectivity index (χ1) is 8.08. The van der Waals surface area contributed by atoms with Crippen LogP contribution in [0.1, 0.15) is 16.2 Å². The number of para-hydroxylation sites is 1. The largest absolute Gasteiger partial charge is 0.416 e. The topological polar surface area (TPSA) is 108 Å². The lowest BCUT2D eigenvalue weighted by atomic mass is 10.2. The number of primary amides is 1. The van der Waals surface area contributed by atoms with Crippen molar-refractivity contribution in [3.05, 3.63) is 29.7 Å². The molecule has 0 aliphatic carbocycles. The van der Waals surface area contributed by atoms with Crippen LogP contribution in [0.4, 0.5) is 5.69 Å². The number of amides is 1. The molecular weight excluding hydrogens is 240 g/mol. The summed E-state index contributed by atoms with van der Waals surface area (Å²) in [6.45, 7) is 1.69. The normalized spacial score (nSPS) is 10.4. The van der Waals surface area contributed by atoms with Gasteiger partial charge >= 0.3 is 0 Å². The molecule has 4 N–H and O–H groups in total. The first kappa shape index (κ1) is 11.5. The molecule has 0 bridgehead atoms.